The topological polar surface area (TPSA) is 57.5 Å². The number of aliphatic carboxylic acids is 1. The fraction of sp³-hybridized carbons (Fsp3) is 0.333. The molecule has 1 radical (unpaired) electrons. The lowest BCUT2D eigenvalue weighted by Gasteiger charge is -1.89. The molecule has 0 spiro atoms. The van der Waals surface area contributed by atoms with Gasteiger partial charge in [-0.25, -0.2) is 4.79 Å². The smallest absolute Gasteiger partial charge is 0.330 e. The van der Waals surface area contributed by atoms with Crippen molar-refractivity contribution in [3.05, 3.63) is 18.3 Å². The highest BCUT2D eigenvalue weighted by Crippen LogP contribution is 1.95. The van der Waals surface area contributed by atoms with Crippen LogP contribution in [0.1, 0.15) is 13.3 Å². The Morgan fingerprint density at radius 2 is 2.22 bits per heavy atom. The number of aliphatic hydroxyl groups excluding tert-OH is 1. The summed E-state index contributed by atoms with van der Waals surface area (Å²) in [6, 6.07) is 0. The van der Waals surface area contributed by atoms with E-state index < -0.39 is 5.97 Å². The summed E-state index contributed by atoms with van der Waals surface area (Å²) in [6.45, 7) is 2.39. The molecule has 0 unspecified atom stereocenters. The average Bonchev–Trinajstić information content (AvgIpc) is 1.82. The van der Waals surface area contributed by atoms with Crippen LogP contribution in [0.25, 0.3) is 0 Å². The molecule has 0 amide bonds. The summed E-state index contributed by atoms with van der Waals surface area (Å²) in [5.41, 5.74) is 0.250. The second-order valence-corrected chi connectivity index (χ2v) is 1.61. The van der Waals surface area contributed by atoms with E-state index in [9.17, 15) is 4.79 Å². The highest BCUT2D eigenvalue weighted by Gasteiger charge is 1.96. The van der Waals surface area contributed by atoms with Gasteiger partial charge in [0.2, 0.25) is 0 Å². The predicted molar refractivity (Wildman–Crippen MR) is 32.2 cm³/mol. The van der Waals surface area contributed by atoms with Crippen LogP contribution in [0.15, 0.2) is 11.6 Å². The summed E-state index contributed by atoms with van der Waals surface area (Å²) < 4.78 is 0. The van der Waals surface area contributed by atoms with Gasteiger partial charge in [-0.2, -0.15) is 0 Å². The Morgan fingerprint density at radius 3 is 2.56 bits per heavy atom. The second-order valence-electron chi connectivity index (χ2n) is 1.61. The minimum absolute atomic E-state index is 0.250. The van der Waals surface area contributed by atoms with Gasteiger partial charge in [0.25, 0.3) is 0 Å². The van der Waals surface area contributed by atoms with Crippen molar-refractivity contribution in [3.63, 3.8) is 0 Å². The number of carbonyl (C=O) groups is 1. The van der Waals surface area contributed by atoms with E-state index in [2.05, 4.69) is 0 Å². The van der Waals surface area contributed by atoms with Gasteiger partial charge in [0.15, 0.2) is 0 Å². The van der Waals surface area contributed by atoms with Gasteiger partial charge in [0.1, 0.15) is 0 Å². The van der Waals surface area contributed by atoms with E-state index in [4.69, 9.17) is 10.2 Å². The van der Waals surface area contributed by atoms with E-state index in [0.717, 1.165) is 6.61 Å². The number of hydrogen-bond acceptors (Lipinski definition) is 2. The molecule has 0 aromatic rings. The van der Waals surface area contributed by atoms with E-state index in [1.54, 1.807) is 0 Å². The molecule has 9 heavy (non-hydrogen) atoms. The van der Waals surface area contributed by atoms with E-state index >= 15 is 0 Å². The molecular formula is C6H9O3. The molecule has 0 bridgehead atoms. The van der Waals surface area contributed by atoms with Gasteiger partial charge in [-0.1, -0.05) is 6.08 Å². The van der Waals surface area contributed by atoms with E-state index in [-0.39, 0.29) is 12.0 Å². The summed E-state index contributed by atoms with van der Waals surface area (Å²) in [4.78, 5) is 10.0. The van der Waals surface area contributed by atoms with Gasteiger partial charge in [-0.15, -0.1) is 0 Å². The van der Waals surface area contributed by atoms with Crippen molar-refractivity contribution >= 4 is 5.97 Å². The zero-order valence-corrected chi connectivity index (χ0v) is 5.16. The van der Waals surface area contributed by atoms with Crippen LogP contribution in [-0.2, 0) is 4.79 Å². The molecule has 0 aliphatic carbocycles. The number of aliphatic hydroxyl groups is 1. The van der Waals surface area contributed by atoms with Gasteiger partial charge in [0, 0.05) is 5.57 Å². The van der Waals surface area contributed by atoms with Crippen LogP contribution in [0.4, 0.5) is 0 Å². The van der Waals surface area contributed by atoms with Crippen molar-refractivity contribution in [1.82, 2.24) is 0 Å². The quantitative estimate of drug-likeness (QED) is 0.557. The maximum atomic E-state index is 10.0. The van der Waals surface area contributed by atoms with Gasteiger partial charge in [-0.3, -0.25) is 0 Å². The minimum Gasteiger partial charge on any atom is -0.478 e. The lowest BCUT2D eigenvalue weighted by Crippen LogP contribution is -1.95. The number of hydrogen-bond donors (Lipinski definition) is 2. The van der Waals surface area contributed by atoms with Crippen LogP contribution in [0, 0.1) is 6.61 Å². The zero-order valence-electron chi connectivity index (χ0n) is 5.16. The van der Waals surface area contributed by atoms with Crippen LogP contribution in [0.3, 0.4) is 0 Å². The van der Waals surface area contributed by atoms with Gasteiger partial charge < -0.3 is 10.2 Å². The minimum atomic E-state index is -0.947. The Hall–Kier alpha value is -0.830. The number of carboxylic acid groups (broad SMARTS) is 1. The lowest BCUT2D eigenvalue weighted by molar-refractivity contribution is -0.132. The monoisotopic (exact) mass is 129 g/mol. The Balaban J connectivity index is 3.69. The van der Waals surface area contributed by atoms with Crippen molar-refractivity contribution in [1.29, 1.82) is 0 Å². The van der Waals surface area contributed by atoms with Crippen molar-refractivity contribution in [2.45, 2.75) is 13.3 Å². The first-order chi connectivity index (χ1) is 4.18. The SMILES string of the molecule is CC(=CC[CH]O)C(=O)O. The van der Waals surface area contributed by atoms with Crippen LogP contribution in [0.5, 0.6) is 0 Å². The lowest BCUT2D eigenvalue weighted by atomic mass is 10.2. The largest absolute Gasteiger partial charge is 0.478 e. The maximum Gasteiger partial charge on any atom is 0.330 e. The third kappa shape index (κ3) is 3.73. The highest BCUT2D eigenvalue weighted by molar-refractivity contribution is 5.85. The fourth-order valence-corrected chi connectivity index (χ4v) is 0.317. The van der Waals surface area contributed by atoms with E-state index in [0.29, 0.717) is 0 Å². The molecule has 0 fully saturated rings. The number of carboxylic acids is 1. The maximum absolute atomic E-state index is 10.0. The summed E-state index contributed by atoms with van der Waals surface area (Å²) in [7, 11) is 0. The van der Waals surface area contributed by atoms with Gasteiger partial charge in [-0.05, 0) is 13.3 Å². The van der Waals surface area contributed by atoms with E-state index in [1.165, 1.54) is 13.0 Å². The first-order valence-corrected chi connectivity index (χ1v) is 2.54. The molecule has 0 atom stereocenters. The molecule has 0 saturated carbocycles. The summed E-state index contributed by atoms with van der Waals surface area (Å²) in [6.07, 6.45) is 1.72. The summed E-state index contributed by atoms with van der Waals surface area (Å²) >= 11 is 0. The summed E-state index contributed by atoms with van der Waals surface area (Å²) in [5.74, 6) is -0.947. The molecule has 3 nitrogen and oxygen atoms in total. The standard InChI is InChI=1S/C6H9O3/c1-5(6(8)9)3-2-4-7/h3-4,7H,2H2,1H3,(H,8,9). The van der Waals surface area contributed by atoms with Crippen LogP contribution >= 0.6 is 0 Å². The van der Waals surface area contributed by atoms with Crippen LogP contribution < -0.4 is 0 Å². The Morgan fingerprint density at radius 1 is 1.67 bits per heavy atom. The number of rotatable bonds is 3. The molecule has 0 heterocycles. The van der Waals surface area contributed by atoms with E-state index in [1.807, 2.05) is 0 Å². The molecule has 51 valence electrons. The Labute approximate surface area is 53.6 Å². The Kier molecular flexibility index (Phi) is 3.71. The predicted octanol–water partition coefficient (Wildman–Crippen LogP) is 0.942. The highest BCUT2D eigenvalue weighted by atomic mass is 16.4. The van der Waals surface area contributed by atoms with Crippen molar-refractivity contribution in [2.24, 2.45) is 0 Å². The first-order valence-electron chi connectivity index (χ1n) is 2.54. The van der Waals surface area contributed by atoms with Gasteiger partial charge >= 0.3 is 5.97 Å². The second kappa shape index (κ2) is 4.09. The van der Waals surface area contributed by atoms with Crippen LogP contribution in [-0.4, -0.2) is 16.2 Å². The molecule has 0 rings (SSSR count). The normalized spacial score (nSPS) is 11.6. The average molecular weight is 129 g/mol. The first kappa shape index (κ1) is 8.17. The van der Waals surface area contributed by atoms with Crippen molar-refractivity contribution in [2.75, 3.05) is 0 Å². The van der Waals surface area contributed by atoms with Crippen molar-refractivity contribution in [3.8, 4) is 0 Å². The molecule has 3 heteroatoms. The molecule has 0 aliphatic heterocycles. The zero-order chi connectivity index (χ0) is 7.28. The summed E-state index contributed by atoms with van der Waals surface area (Å²) in [5, 5.41) is 16.4. The Bertz CT molecular complexity index is 126. The molecule has 0 aromatic carbocycles. The van der Waals surface area contributed by atoms with Crippen molar-refractivity contribution < 1.29 is 15.0 Å². The van der Waals surface area contributed by atoms with Crippen LogP contribution in [0.2, 0.25) is 0 Å². The fourth-order valence-electron chi connectivity index (χ4n) is 0.317. The molecular weight excluding hydrogens is 120 g/mol. The molecule has 0 aromatic heterocycles. The molecule has 0 saturated heterocycles. The molecule has 0 aliphatic rings. The third-order valence-electron chi connectivity index (χ3n) is 0.867. The molecule has 2 N–H and O–H groups in total. The third-order valence-corrected chi connectivity index (χ3v) is 0.867. The van der Waals surface area contributed by atoms with Gasteiger partial charge in [0.05, 0.1) is 6.61 Å².